The smallest absolute Gasteiger partial charge is 0.410 e. The zero-order valence-corrected chi connectivity index (χ0v) is 27.4. The fourth-order valence-corrected chi connectivity index (χ4v) is 5.51. The first-order chi connectivity index (χ1) is 20.1. The number of nitrogens with zero attached hydrogens (tertiary/aromatic N) is 3. The lowest BCUT2D eigenvalue weighted by atomic mass is 9.86. The third kappa shape index (κ3) is 7.04. The normalized spacial score (nSPS) is 14.1. The molecule has 0 bridgehead atoms. The van der Waals surface area contributed by atoms with E-state index in [2.05, 4.69) is 30.8 Å². The van der Waals surface area contributed by atoms with E-state index in [0.717, 1.165) is 16.6 Å². The van der Waals surface area contributed by atoms with Gasteiger partial charge in [0, 0.05) is 44.9 Å². The standard InChI is InChI=1S/C32H43N5O5S/c1-31(2,3)21-18-23(27(41-8)24(19-21)34-43-9)33-28(38)25-17-20-11-10-12-22(26(20)35(25)7)29(39)36-13-15-37(16-14-36)30(40)42-32(4,5)6/h10-12,17-19,34H,13-16H2,1-9H3,(H,33,38). The molecule has 0 unspecified atom stereocenters. The Morgan fingerprint density at radius 3 is 2.12 bits per heavy atom. The number of piperazine rings is 1. The van der Waals surface area contributed by atoms with E-state index in [1.807, 2.05) is 51.3 Å². The molecule has 2 N–H and O–H groups in total. The van der Waals surface area contributed by atoms with Gasteiger partial charge in [-0.05, 0) is 56.0 Å². The molecule has 1 saturated heterocycles. The van der Waals surface area contributed by atoms with E-state index >= 15 is 0 Å². The summed E-state index contributed by atoms with van der Waals surface area (Å²) >= 11 is 1.44. The first-order valence-corrected chi connectivity index (χ1v) is 15.6. The summed E-state index contributed by atoms with van der Waals surface area (Å²) in [6, 6.07) is 11.3. The highest BCUT2D eigenvalue weighted by Gasteiger charge is 2.30. The molecule has 1 aromatic heterocycles. The molecule has 1 aliphatic heterocycles. The van der Waals surface area contributed by atoms with Crippen molar-refractivity contribution in [2.75, 3.05) is 49.6 Å². The zero-order chi connectivity index (χ0) is 31.7. The summed E-state index contributed by atoms with van der Waals surface area (Å²) in [4.78, 5) is 43.3. The second kappa shape index (κ2) is 12.4. The molecule has 0 radical (unpaired) electrons. The van der Waals surface area contributed by atoms with E-state index in [1.165, 1.54) is 11.9 Å². The number of nitrogens with one attached hydrogen (secondary N) is 2. The van der Waals surface area contributed by atoms with Crippen LogP contribution in [0.3, 0.4) is 0 Å². The van der Waals surface area contributed by atoms with E-state index in [0.29, 0.717) is 54.4 Å². The monoisotopic (exact) mass is 609 g/mol. The van der Waals surface area contributed by atoms with E-state index < -0.39 is 5.60 Å². The van der Waals surface area contributed by atoms with Crippen molar-refractivity contribution in [1.29, 1.82) is 0 Å². The van der Waals surface area contributed by atoms with Crippen LogP contribution >= 0.6 is 11.9 Å². The van der Waals surface area contributed by atoms with Gasteiger partial charge in [-0.3, -0.25) is 9.59 Å². The molecule has 232 valence electrons. The summed E-state index contributed by atoms with van der Waals surface area (Å²) in [5.41, 5.74) is 3.22. The Morgan fingerprint density at radius 1 is 0.907 bits per heavy atom. The number of hydrogen-bond donors (Lipinski definition) is 2. The Hall–Kier alpha value is -3.86. The number of para-hydroxylation sites is 1. The number of aromatic nitrogens is 1. The van der Waals surface area contributed by atoms with Crippen molar-refractivity contribution >= 4 is 52.1 Å². The number of carbonyl (C=O) groups is 3. The highest BCUT2D eigenvalue weighted by atomic mass is 32.2. The molecule has 4 rings (SSSR count). The maximum atomic E-state index is 13.7. The Labute approximate surface area is 258 Å². The van der Waals surface area contributed by atoms with Gasteiger partial charge in [0.1, 0.15) is 11.3 Å². The molecule has 2 heterocycles. The molecule has 43 heavy (non-hydrogen) atoms. The summed E-state index contributed by atoms with van der Waals surface area (Å²) < 4.78 is 16.2. The molecule has 10 nitrogen and oxygen atoms in total. The number of amides is 3. The summed E-state index contributed by atoms with van der Waals surface area (Å²) in [5.74, 6) is 0.0771. The topological polar surface area (TPSA) is 105 Å². The molecular weight excluding hydrogens is 566 g/mol. The lowest BCUT2D eigenvalue weighted by Crippen LogP contribution is -2.51. The predicted octanol–water partition coefficient (Wildman–Crippen LogP) is 6.12. The maximum Gasteiger partial charge on any atom is 0.410 e. The fourth-order valence-electron chi connectivity index (χ4n) is 5.14. The van der Waals surface area contributed by atoms with Crippen LogP contribution in [0, 0.1) is 0 Å². The molecule has 0 saturated carbocycles. The Kier molecular flexibility index (Phi) is 9.24. The third-order valence-corrected chi connectivity index (χ3v) is 7.78. The van der Waals surface area contributed by atoms with Crippen LogP contribution in [0.2, 0.25) is 0 Å². The van der Waals surface area contributed by atoms with Crippen LogP contribution in [0.25, 0.3) is 10.9 Å². The van der Waals surface area contributed by atoms with E-state index in [-0.39, 0.29) is 23.3 Å². The van der Waals surface area contributed by atoms with Gasteiger partial charge in [0.05, 0.1) is 29.6 Å². The SMILES string of the molecule is COc1c(NSC)cc(C(C)(C)C)cc1NC(=O)c1cc2cccc(C(=O)N3CCN(C(=O)OC(C)(C)C)CC3)c2n1C. The second-order valence-electron chi connectivity index (χ2n) is 12.7. The zero-order valence-electron chi connectivity index (χ0n) is 26.6. The van der Waals surface area contributed by atoms with Gasteiger partial charge < -0.3 is 33.9 Å². The summed E-state index contributed by atoms with van der Waals surface area (Å²) in [6.45, 7) is 13.4. The van der Waals surface area contributed by atoms with Gasteiger partial charge in [-0.25, -0.2) is 4.79 Å². The average Bonchev–Trinajstić information content (AvgIpc) is 3.28. The Bertz CT molecular complexity index is 1530. The number of methoxy groups -OCH3 is 1. The highest BCUT2D eigenvalue weighted by molar-refractivity contribution is 7.99. The quantitative estimate of drug-likeness (QED) is 0.325. The van der Waals surface area contributed by atoms with Gasteiger partial charge in [-0.2, -0.15) is 0 Å². The van der Waals surface area contributed by atoms with Crippen LogP contribution in [-0.4, -0.2) is 77.4 Å². The van der Waals surface area contributed by atoms with E-state index in [1.54, 1.807) is 40.7 Å². The minimum atomic E-state index is -0.579. The Balaban J connectivity index is 1.60. The molecular formula is C32H43N5O5S. The van der Waals surface area contributed by atoms with E-state index in [9.17, 15) is 14.4 Å². The number of aryl methyl sites for hydroxylation is 1. The number of benzene rings is 2. The average molecular weight is 610 g/mol. The highest BCUT2D eigenvalue weighted by Crippen LogP contribution is 2.40. The van der Waals surface area contributed by atoms with Crippen molar-refractivity contribution in [2.24, 2.45) is 7.05 Å². The number of anilines is 2. The molecule has 1 aliphatic rings. The first-order valence-electron chi connectivity index (χ1n) is 14.3. The molecule has 3 aromatic rings. The predicted molar refractivity (Wildman–Crippen MR) is 173 cm³/mol. The van der Waals surface area contributed by atoms with Crippen molar-refractivity contribution in [3.05, 3.63) is 53.2 Å². The van der Waals surface area contributed by atoms with Crippen LogP contribution < -0.4 is 14.8 Å². The number of rotatable bonds is 6. The minimum absolute atomic E-state index is 0.144. The fraction of sp³-hybridized carbons (Fsp3) is 0.469. The van der Waals surface area contributed by atoms with Crippen LogP contribution in [0.5, 0.6) is 5.75 Å². The molecule has 1 fully saturated rings. The van der Waals surface area contributed by atoms with Gasteiger partial charge in [-0.1, -0.05) is 44.9 Å². The van der Waals surface area contributed by atoms with Crippen molar-refractivity contribution in [1.82, 2.24) is 14.4 Å². The van der Waals surface area contributed by atoms with Gasteiger partial charge >= 0.3 is 6.09 Å². The van der Waals surface area contributed by atoms with Crippen LogP contribution in [0.15, 0.2) is 36.4 Å². The van der Waals surface area contributed by atoms with Crippen LogP contribution in [0.1, 0.15) is 68.0 Å². The number of fused-ring (bicyclic) bond motifs is 1. The number of hydrogen-bond acceptors (Lipinski definition) is 7. The molecule has 2 aromatic carbocycles. The molecule has 0 aliphatic carbocycles. The van der Waals surface area contributed by atoms with E-state index in [4.69, 9.17) is 9.47 Å². The lowest BCUT2D eigenvalue weighted by Gasteiger charge is -2.35. The second-order valence-corrected chi connectivity index (χ2v) is 13.3. The van der Waals surface area contributed by atoms with Crippen LogP contribution in [0.4, 0.5) is 16.2 Å². The van der Waals surface area contributed by atoms with Gasteiger partial charge in [0.25, 0.3) is 11.8 Å². The molecule has 11 heteroatoms. The minimum Gasteiger partial charge on any atom is -0.492 e. The number of ether oxygens (including phenoxy) is 2. The third-order valence-electron chi connectivity index (χ3n) is 7.36. The molecule has 0 atom stereocenters. The first kappa shape index (κ1) is 32.1. The summed E-state index contributed by atoms with van der Waals surface area (Å²) in [5, 5.41) is 3.84. The van der Waals surface area contributed by atoms with Gasteiger partial charge in [-0.15, -0.1) is 0 Å². The van der Waals surface area contributed by atoms with Crippen molar-refractivity contribution < 1.29 is 23.9 Å². The Morgan fingerprint density at radius 2 is 1.53 bits per heavy atom. The molecule has 3 amide bonds. The van der Waals surface area contributed by atoms with Crippen molar-refractivity contribution in [3.8, 4) is 5.75 Å². The summed E-state index contributed by atoms with van der Waals surface area (Å²) in [6.07, 6.45) is 1.55. The van der Waals surface area contributed by atoms with Crippen molar-refractivity contribution in [3.63, 3.8) is 0 Å². The van der Waals surface area contributed by atoms with Crippen LogP contribution in [-0.2, 0) is 17.2 Å². The molecule has 0 spiro atoms. The largest absolute Gasteiger partial charge is 0.492 e. The number of carbonyl (C=O) groups excluding carboxylic acids is 3. The van der Waals surface area contributed by atoms with Gasteiger partial charge in [0.2, 0.25) is 0 Å². The summed E-state index contributed by atoms with van der Waals surface area (Å²) in [7, 11) is 3.37. The maximum absolute atomic E-state index is 13.7. The van der Waals surface area contributed by atoms with Crippen molar-refractivity contribution in [2.45, 2.75) is 52.6 Å². The van der Waals surface area contributed by atoms with Gasteiger partial charge in [0.15, 0.2) is 5.75 Å². The lowest BCUT2D eigenvalue weighted by molar-refractivity contribution is 0.0141.